The molecule has 1 amide bonds. The molecule has 8 heteroatoms. The molecule has 8 nitrogen and oxygen atoms in total. The summed E-state index contributed by atoms with van der Waals surface area (Å²) in [5.74, 6) is 1.77. The van der Waals surface area contributed by atoms with Crippen LogP contribution in [0.4, 0.5) is 5.69 Å². The van der Waals surface area contributed by atoms with Crippen molar-refractivity contribution in [2.75, 3.05) is 19.6 Å². The molecule has 2 aliphatic rings. The number of furan rings is 1. The van der Waals surface area contributed by atoms with E-state index < -0.39 is 0 Å². The lowest BCUT2D eigenvalue weighted by molar-refractivity contribution is -0.384. The average molecular weight is 449 g/mol. The number of non-ortho nitro benzene ring substituents is 1. The van der Waals surface area contributed by atoms with E-state index >= 15 is 0 Å². The van der Waals surface area contributed by atoms with Crippen LogP contribution in [0, 0.1) is 16.0 Å². The molecule has 1 unspecified atom stereocenters. The van der Waals surface area contributed by atoms with E-state index in [0.29, 0.717) is 18.2 Å². The van der Waals surface area contributed by atoms with Crippen molar-refractivity contribution in [2.45, 2.75) is 38.9 Å². The fraction of sp³-hybridized carbons (Fsp3) is 0.400. The van der Waals surface area contributed by atoms with E-state index in [2.05, 4.69) is 28.7 Å². The smallest absolute Gasteiger partial charge is 0.289 e. The minimum atomic E-state index is -0.379. The van der Waals surface area contributed by atoms with E-state index in [1.165, 1.54) is 0 Å². The van der Waals surface area contributed by atoms with Crippen LogP contribution in [-0.4, -0.2) is 44.8 Å². The van der Waals surface area contributed by atoms with Crippen LogP contribution >= 0.6 is 0 Å². The lowest BCUT2D eigenvalue weighted by atomic mass is 9.99. The molecule has 1 atom stereocenters. The molecule has 0 N–H and O–H groups in total. The molecule has 0 spiro atoms. The Balaban J connectivity index is 1.36. The van der Waals surface area contributed by atoms with Gasteiger partial charge in [-0.25, -0.2) is 0 Å². The molecule has 4 heterocycles. The van der Waals surface area contributed by atoms with Crippen LogP contribution in [0.3, 0.4) is 0 Å². The van der Waals surface area contributed by atoms with Crippen molar-refractivity contribution in [3.8, 4) is 0 Å². The first kappa shape index (κ1) is 21.5. The van der Waals surface area contributed by atoms with Gasteiger partial charge in [0.25, 0.3) is 11.6 Å². The third-order valence-corrected chi connectivity index (χ3v) is 6.86. The zero-order chi connectivity index (χ0) is 22.9. The van der Waals surface area contributed by atoms with Crippen LogP contribution in [0.5, 0.6) is 0 Å². The van der Waals surface area contributed by atoms with Gasteiger partial charge in [-0.05, 0) is 48.6 Å². The first-order chi connectivity index (χ1) is 16.0. The summed E-state index contributed by atoms with van der Waals surface area (Å²) in [6.07, 6.45) is 4.13. The number of nitro groups is 1. The molecule has 1 aromatic carbocycles. The number of nitro benzene ring substituents is 1. The Morgan fingerprint density at radius 1 is 1.06 bits per heavy atom. The van der Waals surface area contributed by atoms with Gasteiger partial charge < -0.3 is 13.9 Å². The lowest BCUT2D eigenvalue weighted by Gasteiger charge is -2.36. The number of carbonyl (C=O) groups excluding carboxylic acids is 1. The van der Waals surface area contributed by atoms with Crippen LogP contribution in [-0.2, 0) is 13.1 Å². The summed E-state index contributed by atoms with van der Waals surface area (Å²) in [5, 5.41) is 11.1. The van der Waals surface area contributed by atoms with Crippen molar-refractivity contribution in [3.05, 3.63) is 87.6 Å². The van der Waals surface area contributed by atoms with Crippen molar-refractivity contribution >= 4 is 11.6 Å². The Hall–Kier alpha value is -3.39. The van der Waals surface area contributed by atoms with Crippen molar-refractivity contribution in [1.29, 1.82) is 0 Å². The Kier molecular flexibility index (Phi) is 5.76. The van der Waals surface area contributed by atoms with E-state index in [9.17, 15) is 14.9 Å². The van der Waals surface area contributed by atoms with Gasteiger partial charge in [-0.15, -0.1) is 0 Å². The van der Waals surface area contributed by atoms with Crippen LogP contribution in [0.1, 0.15) is 53.4 Å². The predicted octanol–water partition coefficient (Wildman–Crippen LogP) is 4.47. The number of rotatable bonds is 5. The quantitative estimate of drug-likeness (QED) is 0.425. The number of fused-ring (bicyclic) bond motifs is 1. The van der Waals surface area contributed by atoms with Crippen LogP contribution < -0.4 is 0 Å². The van der Waals surface area contributed by atoms with Gasteiger partial charge >= 0.3 is 0 Å². The second-order valence-corrected chi connectivity index (χ2v) is 9.09. The summed E-state index contributed by atoms with van der Waals surface area (Å²) in [6, 6.07) is 14.5. The second kappa shape index (κ2) is 8.86. The van der Waals surface area contributed by atoms with E-state index in [1.54, 1.807) is 18.2 Å². The highest BCUT2D eigenvalue weighted by molar-refractivity contribution is 5.91. The van der Waals surface area contributed by atoms with Crippen molar-refractivity contribution in [3.63, 3.8) is 0 Å². The van der Waals surface area contributed by atoms with Crippen LogP contribution in [0.15, 0.2) is 59.1 Å². The predicted molar refractivity (Wildman–Crippen MR) is 123 cm³/mol. The number of aromatic nitrogens is 1. The Morgan fingerprint density at radius 3 is 2.55 bits per heavy atom. The second-order valence-electron chi connectivity index (χ2n) is 9.09. The average Bonchev–Trinajstić information content (AvgIpc) is 3.49. The van der Waals surface area contributed by atoms with E-state index in [4.69, 9.17) is 4.42 Å². The number of carbonyl (C=O) groups is 1. The van der Waals surface area contributed by atoms with Crippen molar-refractivity contribution < 1.29 is 14.1 Å². The lowest BCUT2D eigenvalue weighted by Crippen LogP contribution is -2.38. The van der Waals surface area contributed by atoms with E-state index in [-0.39, 0.29) is 22.6 Å². The highest BCUT2D eigenvalue weighted by atomic mass is 16.6. The Labute approximate surface area is 192 Å². The van der Waals surface area contributed by atoms with Crippen LogP contribution in [0.25, 0.3) is 0 Å². The monoisotopic (exact) mass is 448 g/mol. The SMILES string of the molecule is CC1CCN(C(=O)c2ccc(CN3CCn4cccc4C3c3ccc([N+](=O)[O-])cc3)o2)CC1. The largest absolute Gasteiger partial charge is 0.455 e. The van der Waals surface area contributed by atoms with Gasteiger partial charge in [0.05, 0.1) is 17.5 Å². The molecule has 1 fully saturated rings. The molecule has 0 saturated carbocycles. The Morgan fingerprint density at radius 2 is 1.82 bits per heavy atom. The first-order valence-corrected chi connectivity index (χ1v) is 11.5. The van der Waals surface area contributed by atoms with Crippen molar-refractivity contribution in [2.24, 2.45) is 5.92 Å². The highest BCUT2D eigenvalue weighted by Gasteiger charge is 2.30. The summed E-state index contributed by atoms with van der Waals surface area (Å²) in [4.78, 5) is 27.8. The summed E-state index contributed by atoms with van der Waals surface area (Å²) in [7, 11) is 0. The van der Waals surface area contributed by atoms with Gasteiger partial charge in [0.1, 0.15) is 5.76 Å². The normalized spacial score (nSPS) is 19.4. The summed E-state index contributed by atoms with van der Waals surface area (Å²) >= 11 is 0. The fourth-order valence-corrected chi connectivity index (χ4v) is 4.91. The molecule has 0 aliphatic carbocycles. The number of benzene rings is 1. The zero-order valence-corrected chi connectivity index (χ0v) is 18.7. The molecule has 1 saturated heterocycles. The number of piperidine rings is 1. The fourth-order valence-electron chi connectivity index (χ4n) is 4.91. The standard InChI is InChI=1S/C25H28N4O4/c1-18-10-13-27(14-11-18)25(30)23-9-8-21(33-23)17-28-16-15-26-12-2-3-22(26)24(28)19-4-6-20(7-5-19)29(31)32/h2-9,12,18,24H,10-11,13-17H2,1H3. The maximum absolute atomic E-state index is 12.9. The maximum Gasteiger partial charge on any atom is 0.289 e. The maximum atomic E-state index is 12.9. The number of nitrogens with zero attached hydrogens (tertiary/aromatic N) is 4. The van der Waals surface area contributed by atoms with Gasteiger partial charge in [-0.3, -0.25) is 19.8 Å². The molecule has 0 radical (unpaired) electrons. The minimum absolute atomic E-state index is 0.0346. The minimum Gasteiger partial charge on any atom is -0.455 e. The van der Waals surface area contributed by atoms with Crippen molar-refractivity contribution in [1.82, 2.24) is 14.4 Å². The number of hydrogen-bond acceptors (Lipinski definition) is 5. The van der Waals surface area contributed by atoms with Crippen LogP contribution in [0.2, 0.25) is 0 Å². The molecule has 33 heavy (non-hydrogen) atoms. The zero-order valence-electron chi connectivity index (χ0n) is 18.7. The molecular formula is C25H28N4O4. The Bertz CT molecular complexity index is 1140. The van der Waals surface area contributed by atoms with Gasteiger partial charge in [-0.2, -0.15) is 0 Å². The van der Waals surface area contributed by atoms with E-state index in [1.807, 2.05) is 29.2 Å². The van der Waals surface area contributed by atoms with Gasteiger partial charge in [0, 0.05) is 50.2 Å². The van der Waals surface area contributed by atoms with Gasteiger partial charge in [0.2, 0.25) is 0 Å². The highest BCUT2D eigenvalue weighted by Crippen LogP contribution is 2.34. The molecular weight excluding hydrogens is 420 g/mol. The topological polar surface area (TPSA) is 84.8 Å². The number of amides is 1. The van der Waals surface area contributed by atoms with E-state index in [0.717, 1.165) is 56.0 Å². The molecule has 2 aliphatic heterocycles. The molecule has 172 valence electrons. The summed E-state index contributed by atoms with van der Waals surface area (Å²) in [5.41, 5.74) is 2.21. The van der Waals surface area contributed by atoms with Gasteiger partial charge in [-0.1, -0.05) is 19.1 Å². The number of hydrogen-bond donors (Lipinski definition) is 0. The molecule has 5 rings (SSSR count). The summed E-state index contributed by atoms with van der Waals surface area (Å²) in [6.45, 7) is 5.99. The van der Waals surface area contributed by atoms with Gasteiger partial charge in [0.15, 0.2) is 5.76 Å². The third-order valence-electron chi connectivity index (χ3n) is 6.86. The third kappa shape index (κ3) is 4.30. The first-order valence-electron chi connectivity index (χ1n) is 11.5. The molecule has 3 aromatic rings. The number of likely N-dealkylation sites (tertiary alicyclic amines) is 1. The summed E-state index contributed by atoms with van der Waals surface area (Å²) < 4.78 is 8.22. The molecule has 0 bridgehead atoms. The molecule has 2 aromatic heterocycles.